The Hall–Kier alpha value is -1.45. The predicted molar refractivity (Wildman–Crippen MR) is 66.2 cm³/mol. The van der Waals surface area contributed by atoms with E-state index < -0.39 is 0 Å². The molecule has 2 nitrogen and oxygen atoms in total. The number of hydrogen-bond acceptors (Lipinski definition) is 2. The third-order valence-electron chi connectivity index (χ3n) is 2.39. The number of halogens is 2. The summed E-state index contributed by atoms with van der Waals surface area (Å²) in [7, 11) is 0. The van der Waals surface area contributed by atoms with Gasteiger partial charge in [-0.3, -0.25) is 4.98 Å². The maximum atomic E-state index is 12.9. The molecular weight excluding hydrogens is 239 g/mol. The SMILES string of the molecule is Fc1cccc(CNCc2ccncc2Cl)c1. The van der Waals surface area contributed by atoms with Gasteiger partial charge in [0.25, 0.3) is 0 Å². The molecule has 0 unspecified atom stereocenters. The molecule has 4 heteroatoms. The highest BCUT2D eigenvalue weighted by Crippen LogP contribution is 2.13. The van der Waals surface area contributed by atoms with Crippen LogP contribution in [0.15, 0.2) is 42.7 Å². The molecule has 0 saturated carbocycles. The Balaban J connectivity index is 1.90. The van der Waals surface area contributed by atoms with Crippen LogP contribution in [-0.4, -0.2) is 4.98 Å². The fourth-order valence-corrected chi connectivity index (χ4v) is 1.72. The van der Waals surface area contributed by atoms with Gasteiger partial charge in [-0.1, -0.05) is 23.7 Å². The van der Waals surface area contributed by atoms with Crippen LogP contribution in [0.3, 0.4) is 0 Å². The second-order valence-corrected chi connectivity index (χ2v) is 4.11. The van der Waals surface area contributed by atoms with Crippen LogP contribution < -0.4 is 5.32 Å². The van der Waals surface area contributed by atoms with Gasteiger partial charge in [-0.25, -0.2) is 4.39 Å². The third-order valence-corrected chi connectivity index (χ3v) is 2.73. The van der Waals surface area contributed by atoms with Gasteiger partial charge in [-0.05, 0) is 29.3 Å². The fraction of sp³-hybridized carbons (Fsp3) is 0.154. The Labute approximate surface area is 104 Å². The lowest BCUT2D eigenvalue weighted by atomic mass is 10.2. The largest absolute Gasteiger partial charge is 0.309 e. The first-order valence-corrected chi connectivity index (χ1v) is 5.67. The van der Waals surface area contributed by atoms with Gasteiger partial charge >= 0.3 is 0 Å². The molecule has 0 amide bonds. The second-order valence-electron chi connectivity index (χ2n) is 3.70. The molecule has 1 aromatic carbocycles. The molecule has 0 bridgehead atoms. The Bertz CT molecular complexity index is 502. The maximum Gasteiger partial charge on any atom is 0.123 e. The Morgan fingerprint density at radius 2 is 2.12 bits per heavy atom. The van der Waals surface area contributed by atoms with Gasteiger partial charge in [0.2, 0.25) is 0 Å². The molecule has 2 rings (SSSR count). The number of aromatic nitrogens is 1. The van der Waals surface area contributed by atoms with Crippen molar-refractivity contribution >= 4 is 11.6 Å². The van der Waals surface area contributed by atoms with Gasteiger partial charge in [-0.2, -0.15) is 0 Å². The van der Waals surface area contributed by atoms with Crippen LogP contribution in [-0.2, 0) is 13.1 Å². The zero-order valence-corrected chi connectivity index (χ0v) is 9.91. The zero-order chi connectivity index (χ0) is 12.1. The van der Waals surface area contributed by atoms with Crippen molar-refractivity contribution in [3.63, 3.8) is 0 Å². The summed E-state index contributed by atoms with van der Waals surface area (Å²) in [5.41, 5.74) is 1.90. The summed E-state index contributed by atoms with van der Waals surface area (Å²) < 4.78 is 12.9. The van der Waals surface area contributed by atoms with E-state index in [4.69, 9.17) is 11.6 Å². The first kappa shape index (κ1) is 12.0. The van der Waals surface area contributed by atoms with Gasteiger partial charge in [0, 0.05) is 25.5 Å². The molecule has 2 aromatic rings. The molecule has 0 atom stereocenters. The van der Waals surface area contributed by atoms with E-state index in [1.807, 2.05) is 12.1 Å². The van der Waals surface area contributed by atoms with Crippen LogP contribution in [0.1, 0.15) is 11.1 Å². The average Bonchev–Trinajstić information content (AvgIpc) is 2.32. The molecule has 1 N–H and O–H groups in total. The first-order chi connectivity index (χ1) is 8.25. The van der Waals surface area contributed by atoms with Gasteiger partial charge in [0.15, 0.2) is 0 Å². The molecule has 17 heavy (non-hydrogen) atoms. The summed E-state index contributed by atoms with van der Waals surface area (Å²) in [4.78, 5) is 3.91. The van der Waals surface area contributed by atoms with Crippen LogP contribution in [0, 0.1) is 5.82 Å². The minimum Gasteiger partial charge on any atom is -0.309 e. The van der Waals surface area contributed by atoms with Gasteiger partial charge in [-0.15, -0.1) is 0 Å². The summed E-state index contributed by atoms with van der Waals surface area (Å²) in [5.74, 6) is -0.216. The molecular formula is C13H12ClFN2. The summed E-state index contributed by atoms with van der Waals surface area (Å²) in [6.07, 6.45) is 3.31. The Kier molecular flexibility index (Phi) is 4.07. The van der Waals surface area contributed by atoms with E-state index in [0.29, 0.717) is 18.1 Å². The molecule has 0 spiro atoms. The van der Waals surface area contributed by atoms with Crippen LogP contribution >= 0.6 is 11.6 Å². The third kappa shape index (κ3) is 3.51. The number of rotatable bonds is 4. The Morgan fingerprint density at radius 3 is 2.88 bits per heavy atom. The molecule has 0 aliphatic carbocycles. The molecule has 0 radical (unpaired) electrons. The van der Waals surface area contributed by atoms with E-state index in [0.717, 1.165) is 11.1 Å². The number of nitrogens with one attached hydrogen (secondary N) is 1. The average molecular weight is 251 g/mol. The van der Waals surface area contributed by atoms with Crippen molar-refractivity contribution in [3.8, 4) is 0 Å². The van der Waals surface area contributed by atoms with E-state index in [1.165, 1.54) is 12.1 Å². The topological polar surface area (TPSA) is 24.9 Å². The van der Waals surface area contributed by atoms with Crippen molar-refractivity contribution in [3.05, 3.63) is 64.7 Å². The lowest BCUT2D eigenvalue weighted by Gasteiger charge is -2.06. The van der Waals surface area contributed by atoms with Gasteiger partial charge in [0.05, 0.1) is 5.02 Å². The monoisotopic (exact) mass is 250 g/mol. The van der Waals surface area contributed by atoms with E-state index in [-0.39, 0.29) is 5.82 Å². The van der Waals surface area contributed by atoms with E-state index in [2.05, 4.69) is 10.3 Å². The quantitative estimate of drug-likeness (QED) is 0.902. The summed E-state index contributed by atoms with van der Waals surface area (Å²) >= 11 is 5.97. The van der Waals surface area contributed by atoms with Crippen molar-refractivity contribution in [1.82, 2.24) is 10.3 Å². The molecule has 0 fully saturated rings. The van der Waals surface area contributed by atoms with Crippen LogP contribution in [0.5, 0.6) is 0 Å². The van der Waals surface area contributed by atoms with Gasteiger partial charge < -0.3 is 5.32 Å². The van der Waals surface area contributed by atoms with Crippen LogP contribution in [0.25, 0.3) is 0 Å². The van der Waals surface area contributed by atoms with E-state index >= 15 is 0 Å². The van der Waals surface area contributed by atoms with Crippen molar-refractivity contribution in [1.29, 1.82) is 0 Å². The Morgan fingerprint density at radius 1 is 1.24 bits per heavy atom. The number of pyridine rings is 1. The first-order valence-electron chi connectivity index (χ1n) is 5.29. The lowest BCUT2D eigenvalue weighted by Crippen LogP contribution is -2.13. The molecule has 0 saturated heterocycles. The highest BCUT2D eigenvalue weighted by atomic mass is 35.5. The predicted octanol–water partition coefficient (Wildman–Crippen LogP) is 3.16. The van der Waals surface area contributed by atoms with E-state index in [9.17, 15) is 4.39 Å². The minimum atomic E-state index is -0.216. The van der Waals surface area contributed by atoms with Gasteiger partial charge in [0.1, 0.15) is 5.82 Å². The number of benzene rings is 1. The van der Waals surface area contributed by atoms with Crippen molar-refractivity contribution in [2.24, 2.45) is 0 Å². The standard InChI is InChI=1S/C13H12ClFN2/c14-13-9-16-5-4-11(13)8-17-7-10-2-1-3-12(15)6-10/h1-6,9,17H,7-8H2. The number of nitrogens with zero attached hydrogens (tertiary/aromatic N) is 1. The molecule has 1 heterocycles. The maximum absolute atomic E-state index is 12.9. The summed E-state index contributed by atoms with van der Waals surface area (Å²) in [6, 6.07) is 8.39. The van der Waals surface area contributed by atoms with Crippen molar-refractivity contribution < 1.29 is 4.39 Å². The highest BCUT2D eigenvalue weighted by molar-refractivity contribution is 6.31. The smallest absolute Gasteiger partial charge is 0.123 e. The normalized spacial score (nSPS) is 10.5. The van der Waals surface area contributed by atoms with Crippen molar-refractivity contribution in [2.45, 2.75) is 13.1 Å². The molecule has 88 valence electrons. The second kappa shape index (κ2) is 5.75. The summed E-state index contributed by atoms with van der Waals surface area (Å²) in [5, 5.41) is 3.85. The zero-order valence-electron chi connectivity index (χ0n) is 9.16. The molecule has 1 aromatic heterocycles. The van der Waals surface area contributed by atoms with Crippen molar-refractivity contribution in [2.75, 3.05) is 0 Å². The summed E-state index contributed by atoms with van der Waals surface area (Å²) in [6.45, 7) is 1.24. The number of hydrogen-bond donors (Lipinski definition) is 1. The minimum absolute atomic E-state index is 0.216. The highest BCUT2D eigenvalue weighted by Gasteiger charge is 1.99. The van der Waals surface area contributed by atoms with Crippen LogP contribution in [0.4, 0.5) is 4.39 Å². The van der Waals surface area contributed by atoms with E-state index in [1.54, 1.807) is 18.5 Å². The molecule has 0 aliphatic heterocycles. The van der Waals surface area contributed by atoms with Crippen LogP contribution in [0.2, 0.25) is 5.02 Å². The lowest BCUT2D eigenvalue weighted by molar-refractivity contribution is 0.620. The molecule has 0 aliphatic rings. The fourth-order valence-electron chi connectivity index (χ4n) is 1.54.